The van der Waals surface area contributed by atoms with Crippen LogP contribution in [-0.4, -0.2) is 30.6 Å². The van der Waals surface area contributed by atoms with Gasteiger partial charge in [-0.15, -0.1) is 0 Å². The van der Waals surface area contributed by atoms with E-state index in [1.165, 1.54) is 18.9 Å². The average molecular weight is 289 g/mol. The number of nitrogens with one attached hydrogen (secondary N) is 1. The fourth-order valence-electron chi connectivity index (χ4n) is 2.91. The summed E-state index contributed by atoms with van der Waals surface area (Å²) < 4.78 is 13.5. The highest BCUT2D eigenvalue weighted by molar-refractivity contribution is 5.33. The zero-order chi connectivity index (χ0) is 15.1. The summed E-state index contributed by atoms with van der Waals surface area (Å²) in [6, 6.07) is 7.20. The molecule has 21 heavy (non-hydrogen) atoms. The molecule has 2 rings (SSSR count). The first kappa shape index (κ1) is 15.9. The molecular formula is C17H24FN3. The van der Waals surface area contributed by atoms with Crippen LogP contribution in [0.25, 0.3) is 0 Å². The fraction of sp³-hybridized carbons (Fsp3) is 0.588. The van der Waals surface area contributed by atoms with Gasteiger partial charge in [0.1, 0.15) is 5.82 Å². The Kier molecular flexibility index (Phi) is 6.16. The van der Waals surface area contributed by atoms with Crippen LogP contribution < -0.4 is 5.32 Å². The minimum atomic E-state index is -0.321. The molecule has 114 valence electrons. The Bertz CT molecular complexity index is 489. The molecular weight excluding hydrogens is 265 g/mol. The summed E-state index contributed by atoms with van der Waals surface area (Å²) in [5.74, 6) is -0.321. The van der Waals surface area contributed by atoms with Crippen LogP contribution in [0, 0.1) is 17.1 Å². The first-order chi connectivity index (χ1) is 10.2. The third-order valence-corrected chi connectivity index (χ3v) is 3.96. The van der Waals surface area contributed by atoms with Crippen molar-refractivity contribution >= 4 is 0 Å². The van der Waals surface area contributed by atoms with Gasteiger partial charge in [0.25, 0.3) is 0 Å². The summed E-state index contributed by atoms with van der Waals surface area (Å²) >= 11 is 0. The van der Waals surface area contributed by atoms with E-state index >= 15 is 0 Å². The van der Waals surface area contributed by atoms with E-state index in [1.807, 2.05) is 6.07 Å². The molecule has 0 saturated carbocycles. The molecule has 0 aliphatic carbocycles. The maximum atomic E-state index is 13.5. The molecule has 3 nitrogen and oxygen atoms in total. The van der Waals surface area contributed by atoms with Crippen LogP contribution in [0.4, 0.5) is 4.39 Å². The normalized spacial score (nSPS) is 18.1. The number of hydrogen-bond donors (Lipinski definition) is 1. The number of halogens is 1. The Balaban J connectivity index is 2.02. The van der Waals surface area contributed by atoms with Crippen molar-refractivity contribution in [3.8, 4) is 6.07 Å². The maximum Gasteiger partial charge on any atom is 0.124 e. The molecule has 0 aromatic heterocycles. The topological polar surface area (TPSA) is 39.1 Å². The summed E-state index contributed by atoms with van der Waals surface area (Å²) in [6.07, 6.45) is 4.76. The van der Waals surface area contributed by atoms with Crippen LogP contribution in [0.5, 0.6) is 0 Å². The van der Waals surface area contributed by atoms with E-state index in [0.29, 0.717) is 18.2 Å². The molecule has 1 aliphatic rings. The summed E-state index contributed by atoms with van der Waals surface area (Å²) in [7, 11) is 0. The number of rotatable bonds is 7. The fourth-order valence-corrected chi connectivity index (χ4v) is 2.91. The molecule has 0 radical (unpaired) electrons. The molecule has 1 N–H and O–H groups in total. The van der Waals surface area contributed by atoms with Gasteiger partial charge in [-0.3, -0.25) is 4.90 Å². The lowest BCUT2D eigenvalue weighted by molar-refractivity contribution is 0.237. The zero-order valence-corrected chi connectivity index (χ0v) is 12.7. The van der Waals surface area contributed by atoms with Crippen molar-refractivity contribution in [1.82, 2.24) is 10.2 Å². The van der Waals surface area contributed by atoms with Crippen LogP contribution in [-0.2, 0) is 6.54 Å². The third-order valence-electron chi connectivity index (χ3n) is 3.96. The van der Waals surface area contributed by atoms with Crippen molar-refractivity contribution in [2.75, 3.05) is 19.6 Å². The van der Waals surface area contributed by atoms with Crippen LogP contribution in [0.1, 0.15) is 43.7 Å². The molecule has 1 aliphatic heterocycles. The number of nitriles is 1. The minimum absolute atomic E-state index is 0.321. The van der Waals surface area contributed by atoms with Gasteiger partial charge in [-0.2, -0.15) is 5.26 Å². The summed E-state index contributed by atoms with van der Waals surface area (Å²) in [4.78, 5) is 2.38. The van der Waals surface area contributed by atoms with E-state index in [2.05, 4.69) is 17.1 Å². The minimum Gasteiger partial charge on any atom is -0.313 e. The van der Waals surface area contributed by atoms with Crippen molar-refractivity contribution in [1.29, 1.82) is 5.26 Å². The molecule has 0 spiro atoms. The Morgan fingerprint density at radius 1 is 1.43 bits per heavy atom. The molecule has 1 aromatic carbocycles. The van der Waals surface area contributed by atoms with Crippen molar-refractivity contribution in [2.24, 2.45) is 0 Å². The quantitative estimate of drug-likeness (QED) is 0.838. The predicted octanol–water partition coefficient (Wildman–Crippen LogP) is 3.05. The van der Waals surface area contributed by atoms with Gasteiger partial charge in [-0.25, -0.2) is 4.39 Å². The maximum absolute atomic E-state index is 13.5. The highest BCUT2D eigenvalue weighted by Gasteiger charge is 2.18. The van der Waals surface area contributed by atoms with Crippen molar-refractivity contribution in [2.45, 2.75) is 45.2 Å². The first-order valence-electron chi connectivity index (χ1n) is 7.86. The molecule has 1 saturated heterocycles. The van der Waals surface area contributed by atoms with Crippen LogP contribution in [0.2, 0.25) is 0 Å². The second-order valence-electron chi connectivity index (χ2n) is 5.84. The molecule has 1 atom stereocenters. The van der Waals surface area contributed by atoms with Crippen molar-refractivity contribution in [3.05, 3.63) is 35.1 Å². The first-order valence-corrected chi connectivity index (χ1v) is 7.86. The van der Waals surface area contributed by atoms with Gasteiger partial charge in [0.15, 0.2) is 0 Å². The lowest BCUT2D eigenvalue weighted by atomic mass is 10.1. The number of hydrogen-bond acceptors (Lipinski definition) is 3. The van der Waals surface area contributed by atoms with Crippen LogP contribution in [0.3, 0.4) is 0 Å². The van der Waals surface area contributed by atoms with E-state index in [1.54, 1.807) is 12.1 Å². The number of nitrogens with zero attached hydrogens (tertiary/aromatic N) is 2. The van der Waals surface area contributed by atoms with E-state index in [9.17, 15) is 4.39 Å². The van der Waals surface area contributed by atoms with Gasteiger partial charge in [-0.1, -0.05) is 13.3 Å². The zero-order valence-electron chi connectivity index (χ0n) is 12.7. The van der Waals surface area contributed by atoms with Gasteiger partial charge in [0.05, 0.1) is 11.6 Å². The summed E-state index contributed by atoms with van der Waals surface area (Å²) in [5.41, 5.74) is 1.29. The second-order valence-corrected chi connectivity index (χ2v) is 5.84. The lowest BCUT2D eigenvalue weighted by Gasteiger charge is -2.25. The van der Waals surface area contributed by atoms with Gasteiger partial charge in [0.2, 0.25) is 0 Å². The monoisotopic (exact) mass is 289 g/mol. The highest BCUT2D eigenvalue weighted by atomic mass is 19.1. The smallest absolute Gasteiger partial charge is 0.124 e. The van der Waals surface area contributed by atoms with Gasteiger partial charge >= 0.3 is 0 Å². The molecule has 1 fully saturated rings. The summed E-state index contributed by atoms with van der Waals surface area (Å²) in [6.45, 7) is 6.02. The van der Waals surface area contributed by atoms with E-state index < -0.39 is 0 Å². The molecule has 0 bridgehead atoms. The second kappa shape index (κ2) is 8.11. The van der Waals surface area contributed by atoms with Gasteiger partial charge in [0, 0.05) is 19.1 Å². The van der Waals surface area contributed by atoms with E-state index in [-0.39, 0.29) is 5.82 Å². The highest BCUT2D eigenvalue weighted by Crippen LogP contribution is 2.14. The molecule has 1 aromatic rings. The van der Waals surface area contributed by atoms with Crippen LogP contribution >= 0.6 is 0 Å². The van der Waals surface area contributed by atoms with Crippen LogP contribution in [0.15, 0.2) is 18.2 Å². The Morgan fingerprint density at radius 2 is 2.29 bits per heavy atom. The predicted molar refractivity (Wildman–Crippen MR) is 82.3 cm³/mol. The number of unbranched alkanes of at least 4 members (excludes halogenated alkanes) is 1. The van der Waals surface area contributed by atoms with Gasteiger partial charge < -0.3 is 5.32 Å². The Morgan fingerprint density at radius 3 is 2.95 bits per heavy atom. The molecule has 4 heteroatoms. The Labute approximate surface area is 126 Å². The average Bonchev–Trinajstić information content (AvgIpc) is 2.97. The number of benzene rings is 1. The van der Waals surface area contributed by atoms with Gasteiger partial charge in [-0.05, 0) is 56.1 Å². The molecule has 0 amide bonds. The van der Waals surface area contributed by atoms with Crippen molar-refractivity contribution in [3.63, 3.8) is 0 Å². The molecule has 1 unspecified atom stereocenters. The standard InChI is InChI=1S/C17H24FN3/c1-2-3-7-21(13-17-5-4-6-20-17)12-15-8-14(11-19)9-16(18)10-15/h8-10,17,20H,2-7,12-13H2,1H3. The SMILES string of the molecule is CCCCN(Cc1cc(F)cc(C#N)c1)CC1CCCN1. The van der Waals surface area contributed by atoms with E-state index in [0.717, 1.165) is 38.0 Å². The van der Waals surface area contributed by atoms with E-state index in [4.69, 9.17) is 5.26 Å². The summed E-state index contributed by atoms with van der Waals surface area (Å²) in [5, 5.41) is 12.5. The largest absolute Gasteiger partial charge is 0.313 e. The van der Waals surface area contributed by atoms with Crippen molar-refractivity contribution < 1.29 is 4.39 Å². The lowest BCUT2D eigenvalue weighted by Crippen LogP contribution is -2.37. The third kappa shape index (κ3) is 5.11. The Hall–Kier alpha value is -1.44. The molecule has 1 heterocycles.